The van der Waals surface area contributed by atoms with Gasteiger partial charge >= 0.3 is 6.36 Å². The van der Waals surface area contributed by atoms with Crippen molar-refractivity contribution in [3.05, 3.63) is 29.8 Å². The van der Waals surface area contributed by atoms with Crippen LogP contribution in [0.5, 0.6) is 5.75 Å². The fourth-order valence-electron chi connectivity index (χ4n) is 1.81. The molecule has 0 spiro atoms. The van der Waals surface area contributed by atoms with Gasteiger partial charge in [-0.15, -0.1) is 13.2 Å². The highest BCUT2D eigenvalue weighted by atomic mass is 19.4. The maximum absolute atomic E-state index is 12.0. The first kappa shape index (κ1) is 14.6. The zero-order valence-electron chi connectivity index (χ0n) is 10.6. The van der Waals surface area contributed by atoms with E-state index in [1.165, 1.54) is 12.1 Å². The van der Waals surface area contributed by atoms with Crippen LogP contribution in [0.2, 0.25) is 0 Å². The average Bonchev–Trinajstić information content (AvgIpc) is 3.18. The van der Waals surface area contributed by atoms with E-state index in [1.54, 1.807) is 0 Å². The number of amides is 1. The normalized spacial score (nSPS) is 16.6. The Balaban J connectivity index is 1.86. The van der Waals surface area contributed by atoms with Crippen LogP contribution in [0.4, 0.5) is 13.2 Å². The van der Waals surface area contributed by atoms with Crippen molar-refractivity contribution in [2.75, 3.05) is 6.54 Å². The third-order valence-corrected chi connectivity index (χ3v) is 3.08. The van der Waals surface area contributed by atoms with Crippen molar-refractivity contribution >= 4 is 5.91 Å². The Hall–Kier alpha value is -1.76. The SMILES string of the molecule is NC(CNC(=O)c1ccc(OC(F)(F)F)cc1)C1CC1. The van der Waals surface area contributed by atoms with Crippen molar-refractivity contribution in [1.29, 1.82) is 0 Å². The van der Waals surface area contributed by atoms with E-state index in [4.69, 9.17) is 5.73 Å². The fraction of sp³-hybridized carbons (Fsp3) is 0.462. The molecule has 1 aliphatic carbocycles. The van der Waals surface area contributed by atoms with Crippen LogP contribution in [-0.4, -0.2) is 24.9 Å². The molecule has 20 heavy (non-hydrogen) atoms. The number of benzene rings is 1. The number of alkyl halides is 3. The molecular weight excluding hydrogens is 273 g/mol. The van der Waals surface area contributed by atoms with Gasteiger partial charge in [-0.3, -0.25) is 4.79 Å². The molecule has 7 heteroatoms. The molecule has 0 bridgehead atoms. The molecule has 1 aromatic carbocycles. The molecule has 0 aliphatic heterocycles. The largest absolute Gasteiger partial charge is 0.573 e. The van der Waals surface area contributed by atoms with Gasteiger partial charge in [0.15, 0.2) is 0 Å². The number of hydrogen-bond acceptors (Lipinski definition) is 3. The van der Waals surface area contributed by atoms with Crippen LogP contribution in [0.15, 0.2) is 24.3 Å². The number of halogens is 3. The van der Waals surface area contributed by atoms with Gasteiger partial charge < -0.3 is 15.8 Å². The Kier molecular flexibility index (Phi) is 4.17. The van der Waals surface area contributed by atoms with E-state index >= 15 is 0 Å². The van der Waals surface area contributed by atoms with E-state index < -0.39 is 6.36 Å². The molecule has 1 atom stereocenters. The third kappa shape index (κ3) is 4.41. The molecule has 110 valence electrons. The molecule has 4 nitrogen and oxygen atoms in total. The molecule has 0 heterocycles. The Labute approximate surface area is 114 Å². The lowest BCUT2D eigenvalue weighted by molar-refractivity contribution is -0.274. The summed E-state index contributed by atoms with van der Waals surface area (Å²) >= 11 is 0. The van der Waals surface area contributed by atoms with Crippen molar-refractivity contribution < 1.29 is 22.7 Å². The average molecular weight is 288 g/mol. The van der Waals surface area contributed by atoms with Gasteiger partial charge in [0.1, 0.15) is 5.75 Å². The fourth-order valence-corrected chi connectivity index (χ4v) is 1.81. The van der Waals surface area contributed by atoms with Gasteiger partial charge in [0.05, 0.1) is 0 Å². The lowest BCUT2D eigenvalue weighted by atomic mass is 10.1. The third-order valence-electron chi connectivity index (χ3n) is 3.08. The molecule has 1 saturated carbocycles. The zero-order valence-corrected chi connectivity index (χ0v) is 10.6. The van der Waals surface area contributed by atoms with Gasteiger partial charge in [0, 0.05) is 18.2 Å². The molecule has 0 saturated heterocycles. The lowest BCUT2D eigenvalue weighted by Crippen LogP contribution is -2.38. The van der Waals surface area contributed by atoms with Gasteiger partial charge in [-0.1, -0.05) is 0 Å². The molecule has 0 aromatic heterocycles. The van der Waals surface area contributed by atoms with Crippen molar-refractivity contribution in [2.24, 2.45) is 11.7 Å². The molecule has 1 unspecified atom stereocenters. The molecule has 1 aromatic rings. The summed E-state index contributed by atoms with van der Waals surface area (Å²) in [6.45, 7) is 0.365. The Morgan fingerprint density at radius 3 is 2.45 bits per heavy atom. The second-order valence-corrected chi connectivity index (χ2v) is 4.78. The summed E-state index contributed by atoms with van der Waals surface area (Å²) in [4.78, 5) is 11.8. The van der Waals surface area contributed by atoms with Gasteiger partial charge in [0.2, 0.25) is 0 Å². The molecular formula is C13H15F3N2O2. The molecule has 1 amide bonds. The lowest BCUT2D eigenvalue weighted by Gasteiger charge is -2.12. The maximum Gasteiger partial charge on any atom is 0.573 e. The van der Waals surface area contributed by atoms with Crippen LogP contribution >= 0.6 is 0 Å². The van der Waals surface area contributed by atoms with E-state index in [1.807, 2.05) is 0 Å². The first-order chi connectivity index (χ1) is 9.35. The number of nitrogens with two attached hydrogens (primary N) is 1. The highest BCUT2D eigenvalue weighted by Gasteiger charge is 2.31. The highest BCUT2D eigenvalue weighted by molar-refractivity contribution is 5.94. The van der Waals surface area contributed by atoms with Gasteiger partial charge in [-0.25, -0.2) is 0 Å². The number of rotatable bonds is 5. The number of ether oxygens (including phenoxy) is 1. The summed E-state index contributed by atoms with van der Waals surface area (Å²) in [6.07, 6.45) is -2.57. The standard InChI is InChI=1S/C13H15F3N2O2/c14-13(15,16)20-10-5-3-9(4-6-10)12(19)18-7-11(17)8-1-2-8/h3-6,8,11H,1-2,7,17H2,(H,18,19). The van der Waals surface area contributed by atoms with E-state index in [0.717, 1.165) is 25.0 Å². The Morgan fingerprint density at radius 2 is 1.95 bits per heavy atom. The first-order valence-corrected chi connectivity index (χ1v) is 6.25. The minimum Gasteiger partial charge on any atom is -0.406 e. The second-order valence-electron chi connectivity index (χ2n) is 4.78. The topological polar surface area (TPSA) is 64.3 Å². The van der Waals surface area contributed by atoms with E-state index in [0.29, 0.717) is 12.5 Å². The quantitative estimate of drug-likeness (QED) is 0.871. The smallest absolute Gasteiger partial charge is 0.406 e. The number of hydrogen-bond donors (Lipinski definition) is 2. The summed E-state index contributed by atoms with van der Waals surface area (Å²) in [7, 11) is 0. The Bertz CT molecular complexity index is 469. The van der Waals surface area contributed by atoms with Crippen LogP contribution < -0.4 is 15.8 Å². The van der Waals surface area contributed by atoms with Crippen LogP contribution in [0.1, 0.15) is 23.2 Å². The van der Waals surface area contributed by atoms with Crippen molar-refractivity contribution in [2.45, 2.75) is 25.2 Å². The van der Waals surface area contributed by atoms with Crippen molar-refractivity contribution in [3.8, 4) is 5.75 Å². The predicted molar refractivity (Wildman–Crippen MR) is 66.2 cm³/mol. The second kappa shape index (κ2) is 5.70. The van der Waals surface area contributed by atoms with Gasteiger partial charge in [-0.2, -0.15) is 0 Å². The zero-order chi connectivity index (χ0) is 14.8. The van der Waals surface area contributed by atoms with Gasteiger partial charge in [-0.05, 0) is 43.0 Å². The Morgan fingerprint density at radius 1 is 1.35 bits per heavy atom. The maximum atomic E-state index is 12.0. The number of nitrogens with one attached hydrogen (secondary N) is 1. The summed E-state index contributed by atoms with van der Waals surface area (Å²) in [6, 6.07) is 4.69. The molecule has 2 rings (SSSR count). The van der Waals surface area contributed by atoms with Crippen molar-refractivity contribution in [1.82, 2.24) is 5.32 Å². The summed E-state index contributed by atoms with van der Waals surface area (Å²) < 4.78 is 39.7. The van der Waals surface area contributed by atoms with Crippen molar-refractivity contribution in [3.63, 3.8) is 0 Å². The minimum absolute atomic E-state index is 0.0632. The molecule has 0 radical (unpaired) electrons. The minimum atomic E-state index is -4.74. The highest BCUT2D eigenvalue weighted by Crippen LogP contribution is 2.31. The molecule has 1 aliphatic rings. The van der Waals surface area contributed by atoms with Crippen LogP contribution in [0.3, 0.4) is 0 Å². The predicted octanol–water partition coefficient (Wildman–Crippen LogP) is 2.05. The summed E-state index contributed by atoms with van der Waals surface area (Å²) in [5.41, 5.74) is 6.11. The van der Waals surface area contributed by atoms with E-state index in [2.05, 4.69) is 10.1 Å². The van der Waals surface area contributed by atoms with Crippen LogP contribution in [0.25, 0.3) is 0 Å². The molecule has 1 fully saturated rings. The number of carbonyl (C=O) groups excluding carboxylic acids is 1. The van der Waals surface area contributed by atoms with E-state index in [9.17, 15) is 18.0 Å². The molecule has 3 N–H and O–H groups in total. The van der Waals surface area contributed by atoms with E-state index in [-0.39, 0.29) is 23.3 Å². The number of carbonyl (C=O) groups is 1. The first-order valence-electron chi connectivity index (χ1n) is 6.25. The van der Waals surface area contributed by atoms with Crippen LogP contribution in [-0.2, 0) is 0 Å². The van der Waals surface area contributed by atoms with Gasteiger partial charge in [0.25, 0.3) is 5.91 Å². The monoisotopic (exact) mass is 288 g/mol. The summed E-state index contributed by atoms with van der Waals surface area (Å²) in [5.74, 6) is -0.249. The van der Waals surface area contributed by atoms with Crippen LogP contribution in [0, 0.1) is 5.92 Å². The summed E-state index contributed by atoms with van der Waals surface area (Å²) in [5, 5.41) is 2.66.